The number of nitrogens with one attached hydrogen (secondary N) is 2. The number of amides is 1. The molecule has 9 heteroatoms. The summed E-state index contributed by atoms with van der Waals surface area (Å²) in [6.45, 7) is 3.08. The minimum Gasteiger partial charge on any atom is -0.352 e. The molecule has 3 rings (SSSR count). The van der Waals surface area contributed by atoms with E-state index >= 15 is 0 Å². The molecule has 31 heavy (non-hydrogen) atoms. The van der Waals surface area contributed by atoms with Gasteiger partial charge in [-0.05, 0) is 60.7 Å². The molecule has 0 aliphatic carbocycles. The van der Waals surface area contributed by atoms with Crippen molar-refractivity contribution in [2.75, 3.05) is 6.54 Å². The summed E-state index contributed by atoms with van der Waals surface area (Å²) in [5.41, 5.74) is -1.98. The molecule has 168 valence electrons. The van der Waals surface area contributed by atoms with Crippen molar-refractivity contribution in [1.82, 2.24) is 10.6 Å². The van der Waals surface area contributed by atoms with E-state index in [1.165, 1.54) is 12.1 Å². The highest BCUT2D eigenvalue weighted by atomic mass is 19.4. The third kappa shape index (κ3) is 6.22. The summed E-state index contributed by atoms with van der Waals surface area (Å²) < 4.78 is 78.3. The van der Waals surface area contributed by atoms with Crippen molar-refractivity contribution < 1.29 is 31.1 Å². The maximum Gasteiger partial charge on any atom is 0.416 e. The van der Waals surface area contributed by atoms with Gasteiger partial charge in [-0.2, -0.15) is 26.3 Å². The molecule has 1 saturated heterocycles. The van der Waals surface area contributed by atoms with Crippen LogP contribution in [-0.2, 0) is 23.7 Å². The maximum atomic E-state index is 13.0. The van der Waals surface area contributed by atoms with E-state index in [1.54, 1.807) is 12.1 Å². The lowest BCUT2D eigenvalue weighted by Gasteiger charge is -2.14. The first kappa shape index (κ1) is 23.1. The topological polar surface area (TPSA) is 41.1 Å². The Morgan fingerprint density at radius 2 is 1.55 bits per heavy atom. The minimum atomic E-state index is -4.90. The second-order valence-electron chi connectivity index (χ2n) is 7.88. The van der Waals surface area contributed by atoms with Crippen molar-refractivity contribution >= 4 is 5.91 Å². The zero-order valence-corrected chi connectivity index (χ0v) is 16.7. The quantitative estimate of drug-likeness (QED) is 0.607. The van der Waals surface area contributed by atoms with Crippen LogP contribution in [-0.4, -0.2) is 18.5 Å². The Hall–Kier alpha value is -2.55. The molecule has 1 aliphatic rings. The summed E-state index contributed by atoms with van der Waals surface area (Å²) in [7, 11) is 0. The number of alkyl halides is 6. The van der Waals surface area contributed by atoms with Gasteiger partial charge in [0.2, 0.25) is 5.91 Å². The average Bonchev–Trinajstić information content (AvgIpc) is 3.09. The molecule has 3 nitrogen and oxygen atoms in total. The van der Waals surface area contributed by atoms with Crippen LogP contribution in [0.5, 0.6) is 0 Å². The second kappa shape index (κ2) is 8.90. The van der Waals surface area contributed by atoms with E-state index in [2.05, 4.69) is 17.6 Å². The van der Waals surface area contributed by atoms with E-state index in [-0.39, 0.29) is 35.6 Å². The maximum absolute atomic E-state index is 13.0. The molecule has 1 amide bonds. The number of carbonyl (C=O) groups excluding carboxylic acids is 1. The predicted octanol–water partition coefficient (Wildman–Crippen LogP) is 5.40. The number of hydrogen-bond donors (Lipinski definition) is 2. The van der Waals surface area contributed by atoms with Crippen LogP contribution in [0.15, 0.2) is 42.5 Å². The lowest BCUT2D eigenvalue weighted by molar-refractivity contribution is -0.143. The Labute approximate surface area is 175 Å². The van der Waals surface area contributed by atoms with E-state index in [9.17, 15) is 31.1 Å². The zero-order chi connectivity index (χ0) is 22.8. The molecule has 0 aromatic heterocycles. The number of benzene rings is 2. The third-order valence-electron chi connectivity index (χ3n) is 5.28. The zero-order valence-electron chi connectivity index (χ0n) is 16.7. The molecule has 1 unspecified atom stereocenters. The normalized spacial score (nSPS) is 19.5. The van der Waals surface area contributed by atoms with Crippen molar-refractivity contribution in [1.29, 1.82) is 0 Å². The highest BCUT2D eigenvalue weighted by Crippen LogP contribution is 2.38. The first-order chi connectivity index (χ1) is 14.4. The summed E-state index contributed by atoms with van der Waals surface area (Å²) in [4.78, 5) is 12.1. The predicted molar refractivity (Wildman–Crippen MR) is 104 cm³/mol. The van der Waals surface area contributed by atoms with E-state index in [0.29, 0.717) is 30.2 Å². The average molecular weight is 444 g/mol. The molecular formula is C22H22F6N2O. The van der Waals surface area contributed by atoms with Gasteiger partial charge in [0.05, 0.1) is 11.1 Å². The molecule has 0 radical (unpaired) electrons. The van der Waals surface area contributed by atoms with Gasteiger partial charge in [0.25, 0.3) is 0 Å². The van der Waals surface area contributed by atoms with Crippen molar-refractivity contribution in [3.63, 3.8) is 0 Å². The highest BCUT2D eigenvalue weighted by Gasteiger charge is 2.37. The summed E-state index contributed by atoms with van der Waals surface area (Å²) in [6.07, 6.45) is -8.46. The number of rotatable bonds is 5. The van der Waals surface area contributed by atoms with Crippen molar-refractivity contribution in [2.24, 2.45) is 5.92 Å². The first-order valence-electron chi connectivity index (χ1n) is 9.80. The molecule has 0 bridgehead atoms. The van der Waals surface area contributed by atoms with Crippen LogP contribution in [0.1, 0.15) is 36.5 Å². The lowest BCUT2D eigenvalue weighted by atomic mass is 9.98. The molecule has 2 N–H and O–H groups in total. The van der Waals surface area contributed by atoms with Crippen LogP contribution in [0, 0.1) is 5.92 Å². The van der Waals surface area contributed by atoms with Gasteiger partial charge in [-0.3, -0.25) is 4.79 Å². The molecular weight excluding hydrogens is 422 g/mol. The molecule has 2 aromatic rings. The van der Waals surface area contributed by atoms with Crippen LogP contribution in [0.25, 0.3) is 11.1 Å². The van der Waals surface area contributed by atoms with Crippen LogP contribution >= 0.6 is 0 Å². The summed E-state index contributed by atoms with van der Waals surface area (Å²) in [6, 6.07) is 7.92. The van der Waals surface area contributed by atoms with Crippen molar-refractivity contribution in [2.45, 2.75) is 44.7 Å². The minimum absolute atomic E-state index is 0.0994. The van der Waals surface area contributed by atoms with Crippen LogP contribution in [0.2, 0.25) is 0 Å². The second-order valence-corrected chi connectivity index (χ2v) is 7.88. The fourth-order valence-corrected chi connectivity index (χ4v) is 3.66. The summed E-state index contributed by atoms with van der Waals surface area (Å²) >= 11 is 0. The fraction of sp³-hybridized carbons (Fsp3) is 0.409. The van der Waals surface area contributed by atoms with Gasteiger partial charge in [0.1, 0.15) is 0 Å². The van der Waals surface area contributed by atoms with E-state index in [1.807, 2.05) is 0 Å². The van der Waals surface area contributed by atoms with E-state index < -0.39 is 23.5 Å². The van der Waals surface area contributed by atoms with Gasteiger partial charge >= 0.3 is 12.4 Å². The Morgan fingerprint density at radius 3 is 2.03 bits per heavy atom. The van der Waals surface area contributed by atoms with Gasteiger partial charge in [-0.1, -0.05) is 24.3 Å². The number of halogens is 6. The number of carbonyl (C=O) groups is 1. The smallest absolute Gasteiger partial charge is 0.352 e. The van der Waals surface area contributed by atoms with E-state index in [0.717, 1.165) is 13.0 Å². The third-order valence-corrected chi connectivity index (χ3v) is 5.28. The van der Waals surface area contributed by atoms with E-state index in [4.69, 9.17) is 0 Å². The summed E-state index contributed by atoms with van der Waals surface area (Å²) in [5, 5.41) is 6.07. The van der Waals surface area contributed by atoms with Crippen LogP contribution in [0.3, 0.4) is 0 Å². The SMILES string of the molecule is CC1C[C@@H](CC(=O)NCc2ccc(-c3cc(C(F)(F)F)cc(C(F)(F)F)c3)cc2)CN1. The van der Waals surface area contributed by atoms with Crippen molar-refractivity contribution in [3.8, 4) is 11.1 Å². The van der Waals surface area contributed by atoms with Gasteiger partial charge < -0.3 is 10.6 Å². The molecule has 2 atom stereocenters. The highest BCUT2D eigenvalue weighted by molar-refractivity contribution is 5.76. The van der Waals surface area contributed by atoms with Crippen LogP contribution in [0.4, 0.5) is 26.3 Å². The summed E-state index contributed by atoms with van der Waals surface area (Å²) in [5.74, 6) is 0.179. The molecule has 1 heterocycles. The lowest BCUT2D eigenvalue weighted by Crippen LogP contribution is -2.25. The Balaban J connectivity index is 1.70. The number of hydrogen-bond acceptors (Lipinski definition) is 2. The van der Waals surface area contributed by atoms with Gasteiger partial charge in [0.15, 0.2) is 0 Å². The Bertz CT molecular complexity index is 889. The Kier molecular flexibility index (Phi) is 6.64. The Morgan fingerprint density at radius 1 is 0.968 bits per heavy atom. The van der Waals surface area contributed by atoms with Gasteiger partial charge in [0, 0.05) is 19.0 Å². The monoisotopic (exact) mass is 444 g/mol. The van der Waals surface area contributed by atoms with Gasteiger partial charge in [-0.15, -0.1) is 0 Å². The molecule has 0 spiro atoms. The first-order valence-corrected chi connectivity index (χ1v) is 9.80. The largest absolute Gasteiger partial charge is 0.416 e. The van der Waals surface area contributed by atoms with Crippen molar-refractivity contribution in [3.05, 3.63) is 59.2 Å². The molecule has 1 fully saturated rings. The van der Waals surface area contributed by atoms with Gasteiger partial charge in [-0.25, -0.2) is 0 Å². The van der Waals surface area contributed by atoms with Crippen LogP contribution < -0.4 is 10.6 Å². The molecule has 2 aromatic carbocycles. The molecule has 1 aliphatic heterocycles. The molecule has 0 saturated carbocycles. The standard InChI is InChI=1S/C22H22F6N2O/c1-13-6-15(12-29-13)7-20(31)30-11-14-2-4-16(5-3-14)17-8-18(21(23,24)25)10-19(9-17)22(26,27)28/h2-5,8-10,13,15,29H,6-7,11-12H2,1H3,(H,30,31)/t13?,15-/m0/s1. The fourth-order valence-electron chi connectivity index (χ4n) is 3.66.